The summed E-state index contributed by atoms with van der Waals surface area (Å²) in [4.78, 5) is 4.90. The van der Waals surface area contributed by atoms with Gasteiger partial charge in [0, 0.05) is 17.2 Å². The summed E-state index contributed by atoms with van der Waals surface area (Å²) in [7, 11) is 0. The van der Waals surface area contributed by atoms with E-state index in [4.69, 9.17) is 4.99 Å². The normalized spacial score (nSPS) is 22.1. The molecule has 0 N–H and O–H groups in total. The fraction of sp³-hybridized carbons (Fsp3) is 0.450. The molecule has 0 radical (unpaired) electrons. The molecule has 3 rings (SSSR count). The van der Waals surface area contributed by atoms with Gasteiger partial charge in [0.25, 0.3) is 0 Å². The Morgan fingerprint density at radius 1 is 1.05 bits per heavy atom. The highest BCUT2D eigenvalue weighted by molar-refractivity contribution is 6.07. The highest BCUT2D eigenvalue weighted by Gasteiger charge is 2.30. The van der Waals surface area contributed by atoms with Crippen LogP contribution in [0.4, 0.5) is 0 Å². The van der Waals surface area contributed by atoms with Crippen LogP contribution in [-0.2, 0) is 5.41 Å². The molecule has 21 heavy (non-hydrogen) atoms. The topological polar surface area (TPSA) is 12.4 Å². The molecule has 0 saturated carbocycles. The molecule has 0 saturated heterocycles. The fourth-order valence-corrected chi connectivity index (χ4v) is 3.64. The Kier molecular flexibility index (Phi) is 3.20. The molecule has 1 aliphatic heterocycles. The van der Waals surface area contributed by atoms with Crippen LogP contribution < -0.4 is 0 Å². The quantitative estimate of drug-likeness (QED) is 0.608. The second-order valence-electron chi connectivity index (χ2n) is 7.43. The number of hydrogen-bond donors (Lipinski definition) is 0. The molecule has 0 spiro atoms. The maximum absolute atomic E-state index is 4.90. The summed E-state index contributed by atoms with van der Waals surface area (Å²) in [6.07, 6.45) is 0. The van der Waals surface area contributed by atoms with Crippen molar-refractivity contribution in [3.8, 4) is 0 Å². The minimum atomic E-state index is 0.113. The predicted molar refractivity (Wildman–Crippen MR) is 92.7 cm³/mol. The van der Waals surface area contributed by atoms with Crippen molar-refractivity contribution in [2.45, 2.75) is 58.9 Å². The number of rotatable bonds is 0. The summed E-state index contributed by atoms with van der Waals surface area (Å²) in [5, 5.41) is 2.73. The molecule has 0 amide bonds. The summed E-state index contributed by atoms with van der Waals surface area (Å²) in [5.74, 6) is 0.481. The first-order chi connectivity index (χ1) is 9.80. The lowest BCUT2D eigenvalue weighted by molar-refractivity contribution is 0.576. The Morgan fingerprint density at radius 3 is 2.38 bits per heavy atom. The van der Waals surface area contributed by atoms with Gasteiger partial charge in [0.15, 0.2) is 0 Å². The average molecular weight is 279 g/mol. The van der Waals surface area contributed by atoms with Gasteiger partial charge < -0.3 is 0 Å². The Balaban J connectivity index is 2.48. The Morgan fingerprint density at radius 2 is 1.71 bits per heavy atom. The van der Waals surface area contributed by atoms with Gasteiger partial charge in [-0.3, -0.25) is 4.99 Å². The van der Waals surface area contributed by atoms with E-state index in [0.29, 0.717) is 12.0 Å². The van der Waals surface area contributed by atoms with E-state index in [1.807, 2.05) is 0 Å². The third-order valence-electron chi connectivity index (χ3n) is 4.80. The van der Waals surface area contributed by atoms with E-state index in [1.165, 1.54) is 33.2 Å². The highest BCUT2D eigenvalue weighted by atomic mass is 14.8. The zero-order chi connectivity index (χ0) is 15.4. The second-order valence-corrected chi connectivity index (χ2v) is 7.43. The average Bonchev–Trinajstić information content (AvgIpc) is 2.41. The van der Waals surface area contributed by atoms with Crippen LogP contribution in [0.1, 0.15) is 64.2 Å². The van der Waals surface area contributed by atoms with Crippen LogP contribution in [0.25, 0.3) is 10.8 Å². The third kappa shape index (κ3) is 2.19. The molecule has 2 unspecified atom stereocenters. The molecule has 110 valence electrons. The van der Waals surface area contributed by atoms with Crippen molar-refractivity contribution in [3.05, 3.63) is 47.0 Å². The van der Waals surface area contributed by atoms with Crippen molar-refractivity contribution in [1.29, 1.82) is 0 Å². The molecular weight excluding hydrogens is 254 g/mol. The number of benzene rings is 2. The Bertz CT molecular complexity index is 731. The smallest absolute Gasteiger partial charge is 0.0540 e. The van der Waals surface area contributed by atoms with Gasteiger partial charge in [0.1, 0.15) is 0 Å². The first-order valence-corrected chi connectivity index (χ1v) is 7.91. The first-order valence-electron chi connectivity index (χ1n) is 7.91. The van der Waals surface area contributed by atoms with Crippen LogP contribution in [0.15, 0.2) is 35.3 Å². The van der Waals surface area contributed by atoms with Crippen molar-refractivity contribution in [2.24, 2.45) is 4.99 Å². The minimum absolute atomic E-state index is 0.113. The summed E-state index contributed by atoms with van der Waals surface area (Å²) in [6, 6.07) is 11.5. The summed E-state index contributed by atoms with van der Waals surface area (Å²) < 4.78 is 0. The molecule has 0 bridgehead atoms. The maximum atomic E-state index is 4.90. The van der Waals surface area contributed by atoms with Gasteiger partial charge >= 0.3 is 0 Å². The molecular formula is C20H25N. The zero-order valence-electron chi connectivity index (χ0n) is 14.0. The zero-order valence-corrected chi connectivity index (χ0v) is 14.0. The molecule has 0 fully saturated rings. The summed E-state index contributed by atoms with van der Waals surface area (Å²) >= 11 is 0. The molecule has 1 heterocycles. The lowest BCUT2D eigenvalue weighted by Gasteiger charge is -2.33. The number of fused-ring (bicyclic) bond motifs is 2. The van der Waals surface area contributed by atoms with Crippen molar-refractivity contribution in [1.82, 2.24) is 0 Å². The second kappa shape index (κ2) is 4.69. The van der Waals surface area contributed by atoms with Crippen molar-refractivity contribution in [3.63, 3.8) is 0 Å². The number of hydrogen-bond acceptors (Lipinski definition) is 1. The van der Waals surface area contributed by atoms with Gasteiger partial charge in [-0.2, -0.15) is 0 Å². The largest absolute Gasteiger partial charge is 0.286 e. The van der Waals surface area contributed by atoms with Gasteiger partial charge in [0.2, 0.25) is 0 Å². The van der Waals surface area contributed by atoms with E-state index >= 15 is 0 Å². The van der Waals surface area contributed by atoms with E-state index in [9.17, 15) is 0 Å². The fourth-order valence-electron chi connectivity index (χ4n) is 3.64. The monoisotopic (exact) mass is 279 g/mol. The van der Waals surface area contributed by atoms with E-state index in [0.717, 1.165) is 0 Å². The van der Waals surface area contributed by atoms with Crippen LogP contribution >= 0.6 is 0 Å². The molecule has 0 aromatic heterocycles. The van der Waals surface area contributed by atoms with Crippen LogP contribution in [0.3, 0.4) is 0 Å². The lowest BCUT2D eigenvalue weighted by Crippen LogP contribution is -2.26. The lowest BCUT2D eigenvalue weighted by atomic mass is 9.74. The molecule has 1 heteroatoms. The standard InChI is InChI=1S/C20H25N/c1-12-13(2)21-14(3)18-17(12)11-15-9-7-8-10-16(15)19(18)20(4,5)6/h7-13H,1-6H3. The minimum Gasteiger partial charge on any atom is -0.286 e. The Hall–Kier alpha value is -1.63. The maximum Gasteiger partial charge on any atom is 0.0540 e. The highest BCUT2D eigenvalue weighted by Crippen LogP contribution is 2.41. The van der Waals surface area contributed by atoms with Gasteiger partial charge in [-0.1, -0.05) is 58.0 Å². The van der Waals surface area contributed by atoms with Crippen LogP contribution in [0.2, 0.25) is 0 Å². The molecule has 2 aromatic rings. The van der Waals surface area contributed by atoms with Crippen LogP contribution in [-0.4, -0.2) is 11.8 Å². The van der Waals surface area contributed by atoms with Crippen molar-refractivity contribution >= 4 is 16.5 Å². The van der Waals surface area contributed by atoms with Gasteiger partial charge in [0.05, 0.1) is 6.04 Å². The molecule has 1 nitrogen and oxygen atoms in total. The van der Waals surface area contributed by atoms with E-state index in [2.05, 4.69) is 71.9 Å². The predicted octanol–water partition coefficient (Wildman–Crippen LogP) is 5.45. The van der Waals surface area contributed by atoms with E-state index in [-0.39, 0.29) is 5.41 Å². The van der Waals surface area contributed by atoms with Crippen molar-refractivity contribution < 1.29 is 0 Å². The summed E-state index contributed by atoms with van der Waals surface area (Å²) in [6.45, 7) is 13.6. The molecule has 0 aliphatic carbocycles. The van der Waals surface area contributed by atoms with Crippen molar-refractivity contribution in [2.75, 3.05) is 0 Å². The SMILES string of the molecule is CC1=NC(C)C(C)c2cc3ccccc3c(C(C)(C)C)c21. The first kappa shape index (κ1) is 14.3. The van der Waals surface area contributed by atoms with E-state index in [1.54, 1.807) is 0 Å². The van der Waals surface area contributed by atoms with Gasteiger partial charge in [-0.25, -0.2) is 0 Å². The van der Waals surface area contributed by atoms with E-state index < -0.39 is 0 Å². The number of nitrogens with zero attached hydrogens (tertiary/aromatic N) is 1. The molecule has 2 atom stereocenters. The third-order valence-corrected chi connectivity index (χ3v) is 4.80. The molecule has 2 aromatic carbocycles. The summed E-state index contributed by atoms with van der Waals surface area (Å²) in [5.41, 5.74) is 5.63. The Labute approximate surface area is 128 Å². The molecule has 1 aliphatic rings. The number of aliphatic imine (C=N–C) groups is 1. The van der Waals surface area contributed by atoms with Crippen LogP contribution in [0, 0.1) is 0 Å². The van der Waals surface area contributed by atoms with Crippen LogP contribution in [0.5, 0.6) is 0 Å². The van der Waals surface area contributed by atoms with Gasteiger partial charge in [-0.15, -0.1) is 0 Å². The van der Waals surface area contributed by atoms with Gasteiger partial charge in [-0.05, 0) is 41.2 Å².